The van der Waals surface area contributed by atoms with Crippen LogP contribution in [0.2, 0.25) is 0 Å². The first-order chi connectivity index (χ1) is 12.1. The van der Waals surface area contributed by atoms with Crippen LogP contribution in [0.15, 0.2) is 34.9 Å². The van der Waals surface area contributed by atoms with E-state index < -0.39 is 6.03 Å². The molecule has 2 amide bonds. The Morgan fingerprint density at radius 1 is 1.16 bits per heavy atom. The van der Waals surface area contributed by atoms with Crippen LogP contribution in [0.3, 0.4) is 0 Å². The molecule has 0 unspecified atom stereocenters. The molecule has 10 nitrogen and oxygen atoms in total. The highest BCUT2D eigenvalue weighted by molar-refractivity contribution is 5.99. The summed E-state index contributed by atoms with van der Waals surface area (Å²) in [4.78, 5) is 12.1. The molecule has 0 bridgehead atoms. The summed E-state index contributed by atoms with van der Waals surface area (Å²) >= 11 is 0. The molecule has 0 radical (unpaired) electrons. The number of hydrogen-bond acceptors (Lipinski definition) is 7. The quantitative estimate of drug-likeness (QED) is 0.728. The van der Waals surface area contributed by atoms with Crippen molar-refractivity contribution < 1.29 is 18.7 Å². The average molecular weight is 344 g/mol. The number of nitrogens with one attached hydrogen (secondary N) is 2. The predicted octanol–water partition coefficient (Wildman–Crippen LogP) is 2.13. The Hall–Kier alpha value is -3.56. The lowest BCUT2D eigenvalue weighted by atomic mass is 10.2. The molecule has 3 aromatic rings. The Balaban J connectivity index is 1.70. The fourth-order valence-electron chi connectivity index (χ4n) is 2.14. The number of urea groups is 1. The number of hydrogen-bond donors (Lipinski definition) is 2. The number of methoxy groups -OCH3 is 2. The molecule has 130 valence electrons. The normalized spacial score (nSPS) is 10.4. The summed E-state index contributed by atoms with van der Waals surface area (Å²) in [6.07, 6.45) is 1.74. The lowest BCUT2D eigenvalue weighted by Crippen LogP contribution is -2.20. The standard InChI is InChI=1S/C15H16N6O4/c1-21-8-7-10(20-21)13-18-19-15(25-13)17-14(22)16-9-5-4-6-11(23-2)12(9)24-3/h4-8H,1-3H3,(H2,16,17,19,22). The average Bonchev–Trinajstić information content (AvgIpc) is 3.23. The fourth-order valence-corrected chi connectivity index (χ4v) is 2.14. The molecule has 25 heavy (non-hydrogen) atoms. The molecule has 2 N–H and O–H groups in total. The van der Waals surface area contributed by atoms with E-state index in [4.69, 9.17) is 13.9 Å². The van der Waals surface area contributed by atoms with E-state index in [1.807, 2.05) is 0 Å². The molecule has 0 saturated carbocycles. The number of carbonyl (C=O) groups excluding carboxylic acids is 1. The Labute approximate surface area is 142 Å². The zero-order valence-electron chi connectivity index (χ0n) is 13.8. The van der Waals surface area contributed by atoms with Crippen LogP contribution < -0.4 is 20.1 Å². The number of rotatable bonds is 5. The Morgan fingerprint density at radius 3 is 2.68 bits per heavy atom. The zero-order chi connectivity index (χ0) is 17.8. The number of amides is 2. The van der Waals surface area contributed by atoms with Crippen LogP contribution in [-0.4, -0.2) is 40.2 Å². The minimum atomic E-state index is -0.567. The van der Waals surface area contributed by atoms with Crippen molar-refractivity contribution in [1.82, 2.24) is 20.0 Å². The van der Waals surface area contributed by atoms with E-state index in [1.54, 1.807) is 42.2 Å². The topological polar surface area (TPSA) is 116 Å². The minimum absolute atomic E-state index is 0.0555. The second kappa shape index (κ2) is 6.91. The van der Waals surface area contributed by atoms with Crippen LogP contribution in [-0.2, 0) is 7.05 Å². The van der Waals surface area contributed by atoms with E-state index in [2.05, 4.69) is 25.9 Å². The molecule has 0 spiro atoms. The summed E-state index contributed by atoms with van der Waals surface area (Å²) in [6, 6.07) is 6.22. The number of carbonyl (C=O) groups is 1. The smallest absolute Gasteiger partial charge is 0.327 e. The van der Waals surface area contributed by atoms with Gasteiger partial charge in [0.05, 0.1) is 19.9 Å². The lowest BCUT2D eigenvalue weighted by Gasteiger charge is -2.12. The third-order valence-electron chi connectivity index (χ3n) is 3.23. The van der Waals surface area contributed by atoms with Crippen molar-refractivity contribution in [3.63, 3.8) is 0 Å². The summed E-state index contributed by atoms with van der Waals surface area (Å²) < 4.78 is 17.4. The molecule has 0 aliphatic rings. The Kier molecular flexibility index (Phi) is 4.50. The van der Waals surface area contributed by atoms with E-state index >= 15 is 0 Å². The summed E-state index contributed by atoms with van der Waals surface area (Å²) in [5, 5.41) is 16.8. The van der Waals surface area contributed by atoms with Crippen LogP contribution in [0.5, 0.6) is 11.5 Å². The van der Waals surface area contributed by atoms with Crippen molar-refractivity contribution in [3.8, 4) is 23.1 Å². The van der Waals surface area contributed by atoms with Gasteiger partial charge in [-0.3, -0.25) is 10.00 Å². The molecule has 10 heteroatoms. The lowest BCUT2D eigenvalue weighted by molar-refractivity contribution is 0.261. The van der Waals surface area contributed by atoms with Gasteiger partial charge in [-0.15, -0.1) is 5.10 Å². The van der Waals surface area contributed by atoms with Gasteiger partial charge in [0.2, 0.25) is 0 Å². The van der Waals surface area contributed by atoms with Gasteiger partial charge in [-0.05, 0) is 18.2 Å². The molecule has 3 rings (SSSR count). The van der Waals surface area contributed by atoms with Crippen LogP contribution in [0.25, 0.3) is 11.6 Å². The summed E-state index contributed by atoms with van der Waals surface area (Å²) in [6.45, 7) is 0. The summed E-state index contributed by atoms with van der Waals surface area (Å²) in [5.74, 6) is 1.10. The molecule has 0 aliphatic carbocycles. The van der Waals surface area contributed by atoms with Gasteiger partial charge in [0, 0.05) is 13.2 Å². The molecular formula is C15H16N6O4. The van der Waals surface area contributed by atoms with Gasteiger partial charge in [-0.25, -0.2) is 4.79 Å². The van der Waals surface area contributed by atoms with Crippen molar-refractivity contribution >= 4 is 17.7 Å². The second-order valence-corrected chi connectivity index (χ2v) is 4.91. The minimum Gasteiger partial charge on any atom is -0.493 e. The van der Waals surface area contributed by atoms with Gasteiger partial charge in [-0.1, -0.05) is 11.2 Å². The van der Waals surface area contributed by atoms with Crippen molar-refractivity contribution in [2.24, 2.45) is 7.05 Å². The van der Waals surface area contributed by atoms with Crippen molar-refractivity contribution in [2.75, 3.05) is 24.9 Å². The third kappa shape index (κ3) is 3.52. The number of anilines is 2. The molecule has 2 heterocycles. The van der Waals surface area contributed by atoms with Crippen LogP contribution >= 0.6 is 0 Å². The van der Waals surface area contributed by atoms with E-state index in [-0.39, 0.29) is 11.9 Å². The largest absolute Gasteiger partial charge is 0.493 e. The van der Waals surface area contributed by atoms with Crippen molar-refractivity contribution in [1.29, 1.82) is 0 Å². The number of aromatic nitrogens is 4. The summed E-state index contributed by atoms with van der Waals surface area (Å²) in [7, 11) is 4.77. The maximum absolute atomic E-state index is 12.1. The highest BCUT2D eigenvalue weighted by atomic mass is 16.5. The molecular weight excluding hydrogens is 328 g/mol. The molecule has 0 saturated heterocycles. The number of benzene rings is 1. The predicted molar refractivity (Wildman–Crippen MR) is 88.7 cm³/mol. The first-order valence-corrected chi connectivity index (χ1v) is 7.23. The fraction of sp³-hybridized carbons (Fsp3) is 0.200. The number of aryl methyl sites for hydroxylation is 1. The van der Waals surface area contributed by atoms with Gasteiger partial charge in [-0.2, -0.15) is 5.10 Å². The Morgan fingerprint density at radius 2 is 2.00 bits per heavy atom. The second-order valence-electron chi connectivity index (χ2n) is 4.91. The van der Waals surface area contributed by atoms with Gasteiger partial charge in [0.15, 0.2) is 11.5 Å². The number of ether oxygens (including phenoxy) is 2. The van der Waals surface area contributed by atoms with Gasteiger partial charge in [0.1, 0.15) is 5.69 Å². The highest BCUT2D eigenvalue weighted by Crippen LogP contribution is 2.34. The number of nitrogens with zero attached hydrogens (tertiary/aromatic N) is 4. The third-order valence-corrected chi connectivity index (χ3v) is 3.23. The molecule has 1 aromatic carbocycles. The van der Waals surface area contributed by atoms with Gasteiger partial charge < -0.3 is 19.2 Å². The number of para-hydroxylation sites is 1. The van der Waals surface area contributed by atoms with Crippen molar-refractivity contribution in [3.05, 3.63) is 30.5 Å². The van der Waals surface area contributed by atoms with E-state index in [0.717, 1.165) is 0 Å². The van der Waals surface area contributed by atoms with Crippen LogP contribution in [0.4, 0.5) is 16.5 Å². The monoisotopic (exact) mass is 344 g/mol. The molecule has 0 atom stereocenters. The van der Waals surface area contributed by atoms with Gasteiger partial charge >= 0.3 is 12.0 Å². The maximum atomic E-state index is 12.1. The molecule has 0 aliphatic heterocycles. The van der Waals surface area contributed by atoms with E-state index in [9.17, 15) is 4.79 Å². The first-order valence-electron chi connectivity index (χ1n) is 7.23. The molecule has 0 fully saturated rings. The molecule has 2 aromatic heterocycles. The summed E-state index contributed by atoms with van der Waals surface area (Å²) in [5.41, 5.74) is 0.946. The Bertz CT molecular complexity index is 888. The van der Waals surface area contributed by atoms with E-state index in [1.165, 1.54) is 14.2 Å². The maximum Gasteiger partial charge on any atom is 0.327 e. The zero-order valence-corrected chi connectivity index (χ0v) is 13.8. The van der Waals surface area contributed by atoms with Crippen LogP contribution in [0, 0.1) is 0 Å². The van der Waals surface area contributed by atoms with Crippen LogP contribution in [0.1, 0.15) is 0 Å². The SMILES string of the molecule is COc1cccc(NC(=O)Nc2nnc(-c3ccn(C)n3)o2)c1OC. The van der Waals surface area contributed by atoms with E-state index in [0.29, 0.717) is 22.9 Å². The highest BCUT2D eigenvalue weighted by Gasteiger charge is 2.15. The van der Waals surface area contributed by atoms with Crippen molar-refractivity contribution in [2.45, 2.75) is 0 Å². The van der Waals surface area contributed by atoms with Gasteiger partial charge in [0.25, 0.3) is 5.89 Å². The first kappa shape index (κ1) is 16.3.